The summed E-state index contributed by atoms with van der Waals surface area (Å²) in [5, 5.41) is 9.02. The summed E-state index contributed by atoms with van der Waals surface area (Å²) in [5.41, 5.74) is 0.941. The predicted octanol–water partition coefficient (Wildman–Crippen LogP) is 5.42. The molecular formula is C21H16ClF2N3O2S2. The molecule has 1 atom stereocenters. The third-order valence-corrected chi connectivity index (χ3v) is 5.69. The molecule has 1 amide bonds. The molecule has 3 N–H and O–H groups in total. The van der Waals surface area contributed by atoms with Crippen LogP contribution in [-0.2, 0) is 10.8 Å². The Hall–Kier alpha value is -2.88. The van der Waals surface area contributed by atoms with Gasteiger partial charge in [0.1, 0.15) is 17.2 Å². The van der Waals surface area contributed by atoms with Crippen molar-refractivity contribution in [1.82, 2.24) is 0 Å². The fourth-order valence-corrected chi connectivity index (χ4v) is 3.99. The molecule has 0 aliphatic carbocycles. The largest absolute Gasteiger partial charge is 0.332 e. The molecule has 31 heavy (non-hydrogen) atoms. The van der Waals surface area contributed by atoms with Crippen molar-refractivity contribution < 1.29 is 17.8 Å². The molecule has 0 radical (unpaired) electrons. The van der Waals surface area contributed by atoms with Crippen LogP contribution in [0, 0.1) is 11.6 Å². The van der Waals surface area contributed by atoms with Crippen molar-refractivity contribution in [3.05, 3.63) is 82.9 Å². The van der Waals surface area contributed by atoms with E-state index in [1.165, 1.54) is 6.07 Å². The molecule has 0 bridgehead atoms. The standard InChI is InChI=1S/C21H16ClF2N3O2S2/c1-31(29)18-10-9-14(11-15(18)22)27-21(30)26-13-7-5-12(6-8-13)25-20(28)19-16(23)3-2-4-17(19)24/h2-11H,1H3,(H,25,28)(H2,26,27,30). The molecule has 0 saturated heterocycles. The number of carbonyl (C=O) groups excluding carboxylic acids is 1. The fourth-order valence-electron chi connectivity index (χ4n) is 2.65. The number of nitrogens with one attached hydrogen (secondary N) is 3. The van der Waals surface area contributed by atoms with E-state index in [0.29, 0.717) is 27.0 Å². The molecule has 160 valence electrons. The normalized spacial score (nSPS) is 11.5. The molecule has 3 aromatic carbocycles. The van der Waals surface area contributed by atoms with Crippen molar-refractivity contribution in [1.29, 1.82) is 0 Å². The SMILES string of the molecule is CS(=O)c1ccc(NC(=S)Nc2ccc(NC(=O)c3c(F)cccc3F)cc2)cc1Cl. The lowest BCUT2D eigenvalue weighted by Crippen LogP contribution is -2.19. The number of rotatable bonds is 5. The number of hydrogen-bond acceptors (Lipinski definition) is 3. The Morgan fingerprint density at radius 1 is 0.903 bits per heavy atom. The molecule has 0 heterocycles. The molecule has 0 saturated carbocycles. The second-order valence-corrected chi connectivity index (χ2v) is 8.47. The second-order valence-electron chi connectivity index (χ2n) is 6.31. The summed E-state index contributed by atoms with van der Waals surface area (Å²) >= 11 is 11.4. The van der Waals surface area contributed by atoms with Crippen molar-refractivity contribution in [3.63, 3.8) is 0 Å². The molecule has 0 aromatic heterocycles. The molecule has 0 aliphatic rings. The molecule has 1 unspecified atom stereocenters. The Labute approximate surface area is 190 Å². The number of hydrogen-bond donors (Lipinski definition) is 3. The van der Waals surface area contributed by atoms with Gasteiger partial charge in [-0.05, 0) is 66.8 Å². The second kappa shape index (κ2) is 9.95. The first-order valence-corrected chi connectivity index (χ1v) is 11.2. The Balaban J connectivity index is 1.61. The lowest BCUT2D eigenvalue weighted by molar-refractivity contribution is 0.101. The third-order valence-electron chi connectivity index (χ3n) is 4.09. The number of amides is 1. The van der Waals surface area contributed by atoms with Gasteiger partial charge in [0, 0.05) is 23.3 Å². The van der Waals surface area contributed by atoms with Crippen molar-refractivity contribution >= 4 is 62.7 Å². The molecular weight excluding hydrogens is 464 g/mol. The maximum absolute atomic E-state index is 13.7. The van der Waals surface area contributed by atoms with E-state index in [9.17, 15) is 17.8 Å². The number of carbonyl (C=O) groups is 1. The van der Waals surface area contributed by atoms with Gasteiger partial charge < -0.3 is 16.0 Å². The van der Waals surface area contributed by atoms with Gasteiger partial charge in [0.15, 0.2) is 5.11 Å². The first-order chi connectivity index (χ1) is 14.7. The summed E-state index contributed by atoms with van der Waals surface area (Å²) in [7, 11) is -1.19. The van der Waals surface area contributed by atoms with Crippen molar-refractivity contribution in [2.45, 2.75) is 4.90 Å². The van der Waals surface area contributed by atoms with E-state index in [0.717, 1.165) is 12.1 Å². The quantitative estimate of drug-likeness (QED) is 0.426. The van der Waals surface area contributed by atoms with Crippen LogP contribution in [0.25, 0.3) is 0 Å². The molecule has 3 rings (SSSR count). The average molecular weight is 480 g/mol. The summed E-state index contributed by atoms with van der Waals surface area (Å²) in [5.74, 6) is -2.77. The first-order valence-electron chi connectivity index (χ1n) is 8.81. The summed E-state index contributed by atoms with van der Waals surface area (Å²) < 4.78 is 39.0. The van der Waals surface area contributed by atoms with E-state index in [2.05, 4.69) is 16.0 Å². The van der Waals surface area contributed by atoms with Gasteiger partial charge in [0.25, 0.3) is 5.91 Å². The lowest BCUT2D eigenvalue weighted by atomic mass is 10.1. The van der Waals surface area contributed by atoms with Crippen LogP contribution in [0.5, 0.6) is 0 Å². The van der Waals surface area contributed by atoms with Crippen LogP contribution in [0.4, 0.5) is 25.8 Å². The van der Waals surface area contributed by atoms with Crippen LogP contribution < -0.4 is 16.0 Å². The number of halogens is 3. The van der Waals surface area contributed by atoms with Gasteiger partial charge >= 0.3 is 0 Å². The van der Waals surface area contributed by atoms with Crippen LogP contribution in [0.2, 0.25) is 5.02 Å². The molecule has 0 fully saturated rings. The highest BCUT2D eigenvalue weighted by Crippen LogP contribution is 2.24. The molecule has 0 spiro atoms. The van der Waals surface area contributed by atoms with Crippen molar-refractivity contribution in [2.75, 3.05) is 22.2 Å². The molecule has 10 heteroatoms. The summed E-state index contributed by atoms with van der Waals surface area (Å²) in [6.45, 7) is 0. The minimum atomic E-state index is -1.19. The van der Waals surface area contributed by atoms with Gasteiger partial charge in [0.05, 0.1) is 20.7 Å². The van der Waals surface area contributed by atoms with Gasteiger partial charge in [0.2, 0.25) is 0 Å². The van der Waals surface area contributed by atoms with Crippen LogP contribution in [-0.4, -0.2) is 21.5 Å². The number of anilines is 3. The first kappa shape index (κ1) is 22.8. The molecule has 0 aliphatic heterocycles. The van der Waals surface area contributed by atoms with Gasteiger partial charge in [-0.3, -0.25) is 9.00 Å². The van der Waals surface area contributed by atoms with Gasteiger partial charge in [-0.15, -0.1) is 0 Å². The maximum Gasteiger partial charge on any atom is 0.261 e. The fraction of sp³-hybridized carbons (Fsp3) is 0.0476. The highest BCUT2D eigenvalue weighted by Gasteiger charge is 2.17. The van der Waals surface area contributed by atoms with E-state index in [4.69, 9.17) is 23.8 Å². The monoisotopic (exact) mass is 479 g/mol. The summed E-state index contributed by atoms with van der Waals surface area (Å²) in [4.78, 5) is 12.7. The van der Waals surface area contributed by atoms with Crippen LogP contribution in [0.15, 0.2) is 65.6 Å². The third kappa shape index (κ3) is 5.84. The van der Waals surface area contributed by atoms with E-state index >= 15 is 0 Å². The van der Waals surface area contributed by atoms with Crippen molar-refractivity contribution in [2.24, 2.45) is 0 Å². The molecule has 5 nitrogen and oxygen atoms in total. The van der Waals surface area contributed by atoms with E-state index in [-0.39, 0.29) is 5.11 Å². The highest BCUT2D eigenvalue weighted by molar-refractivity contribution is 7.84. The zero-order valence-corrected chi connectivity index (χ0v) is 18.4. The number of thiocarbonyl (C=S) groups is 1. The van der Waals surface area contributed by atoms with E-state index < -0.39 is 33.9 Å². The van der Waals surface area contributed by atoms with Crippen LogP contribution >= 0.6 is 23.8 Å². The Kier molecular flexibility index (Phi) is 7.32. The zero-order chi connectivity index (χ0) is 22.5. The lowest BCUT2D eigenvalue weighted by Gasteiger charge is -2.12. The molecule has 3 aromatic rings. The highest BCUT2D eigenvalue weighted by atomic mass is 35.5. The Morgan fingerprint density at radius 3 is 1.97 bits per heavy atom. The summed E-state index contributed by atoms with van der Waals surface area (Å²) in [6.07, 6.45) is 1.54. The zero-order valence-electron chi connectivity index (χ0n) is 16.0. The Bertz CT molecular complexity index is 1150. The summed E-state index contributed by atoms with van der Waals surface area (Å²) in [6, 6.07) is 14.6. The minimum Gasteiger partial charge on any atom is -0.332 e. The van der Waals surface area contributed by atoms with Gasteiger partial charge in [-0.25, -0.2) is 8.78 Å². The van der Waals surface area contributed by atoms with E-state index in [1.807, 2.05) is 0 Å². The predicted molar refractivity (Wildman–Crippen MR) is 124 cm³/mol. The average Bonchev–Trinajstić information content (AvgIpc) is 2.69. The Morgan fingerprint density at radius 2 is 1.42 bits per heavy atom. The smallest absolute Gasteiger partial charge is 0.261 e. The maximum atomic E-state index is 13.7. The van der Waals surface area contributed by atoms with E-state index in [1.54, 1.807) is 48.7 Å². The van der Waals surface area contributed by atoms with Crippen LogP contribution in [0.1, 0.15) is 10.4 Å². The number of benzene rings is 3. The van der Waals surface area contributed by atoms with Gasteiger partial charge in [-0.1, -0.05) is 17.7 Å². The minimum absolute atomic E-state index is 0.284. The van der Waals surface area contributed by atoms with Crippen molar-refractivity contribution in [3.8, 4) is 0 Å². The topological polar surface area (TPSA) is 70.2 Å². The van der Waals surface area contributed by atoms with Gasteiger partial charge in [-0.2, -0.15) is 0 Å². The van der Waals surface area contributed by atoms with Crippen LogP contribution in [0.3, 0.4) is 0 Å².